The molecule has 1 heterocycles. The van der Waals surface area contributed by atoms with Crippen molar-refractivity contribution >= 4 is 22.9 Å². The summed E-state index contributed by atoms with van der Waals surface area (Å²) >= 11 is 6.00. The summed E-state index contributed by atoms with van der Waals surface area (Å²) in [4.78, 5) is 0. The lowest BCUT2D eigenvalue weighted by atomic mass is 10.4. The van der Waals surface area contributed by atoms with Gasteiger partial charge in [-0.05, 0) is 11.6 Å². The molecule has 0 saturated carbocycles. The van der Waals surface area contributed by atoms with Crippen LogP contribution in [-0.2, 0) is 6.42 Å². The van der Waals surface area contributed by atoms with Crippen molar-refractivity contribution in [2.45, 2.75) is 12.6 Å². The molecular formula is C4H2ClF3N2S. The van der Waals surface area contributed by atoms with Gasteiger partial charge in [0.25, 0.3) is 0 Å². The van der Waals surface area contributed by atoms with Crippen molar-refractivity contribution in [1.29, 1.82) is 0 Å². The highest BCUT2D eigenvalue weighted by Crippen LogP contribution is 2.24. The van der Waals surface area contributed by atoms with E-state index in [0.29, 0.717) is 0 Å². The average Bonchev–Trinajstić information content (AvgIpc) is 2.10. The second-order valence-corrected chi connectivity index (χ2v) is 3.38. The molecule has 1 rings (SSSR count). The van der Waals surface area contributed by atoms with Gasteiger partial charge in [0.1, 0.15) is 5.01 Å². The van der Waals surface area contributed by atoms with E-state index in [1.165, 1.54) is 0 Å². The molecule has 0 fully saturated rings. The van der Waals surface area contributed by atoms with Gasteiger partial charge in [0.05, 0.1) is 6.42 Å². The lowest BCUT2D eigenvalue weighted by molar-refractivity contribution is -0.127. The molecule has 0 aromatic carbocycles. The highest BCUT2D eigenvalue weighted by molar-refractivity contribution is 7.15. The lowest BCUT2D eigenvalue weighted by Gasteiger charge is -2.00. The fourth-order valence-corrected chi connectivity index (χ4v) is 1.37. The van der Waals surface area contributed by atoms with Gasteiger partial charge >= 0.3 is 6.18 Å². The Balaban J connectivity index is 2.65. The highest BCUT2D eigenvalue weighted by atomic mass is 35.5. The number of nitrogens with zero attached hydrogens (tertiary/aromatic N) is 2. The van der Waals surface area contributed by atoms with E-state index in [0.717, 1.165) is 11.3 Å². The minimum atomic E-state index is -4.23. The van der Waals surface area contributed by atoms with Crippen LogP contribution in [0.25, 0.3) is 0 Å². The first-order chi connectivity index (χ1) is 4.97. The quantitative estimate of drug-likeness (QED) is 0.698. The van der Waals surface area contributed by atoms with Crippen LogP contribution in [-0.4, -0.2) is 16.4 Å². The molecule has 0 unspecified atom stereocenters. The second-order valence-electron chi connectivity index (χ2n) is 1.74. The Morgan fingerprint density at radius 1 is 1.36 bits per heavy atom. The van der Waals surface area contributed by atoms with Crippen molar-refractivity contribution in [1.82, 2.24) is 10.2 Å². The van der Waals surface area contributed by atoms with Gasteiger partial charge < -0.3 is 0 Å². The van der Waals surface area contributed by atoms with Crippen molar-refractivity contribution in [3.05, 3.63) is 9.47 Å². The van der Waals surface area contributed by atoms with Crippen LogP contribution in [0.1, 0.15) is 5.01 Å². The summed E-state index contributed by atoms with van der Waals surface area (Å²) in [5.74, 6) is 0. The van der Waals surface area contributed by atoms with Gasteiger partial charge in [0.2, 0.25) is 4.47 Å². The van der Waals surface area contributed by atoms with E-state index in [9.17, 15) is 13.2 Å². The predicted molar refractivity (Wildman–Crippen MR) is 34.7 cm³/mol. The zero-order chi connectivity index (χ0) is 8.48. The number of hydrogen-bond donors (Lipinski definition) is 0. The van der Waals surface area contributed by atoms with Gasteiger partial charge in [-0.1, -0.05) is 11.3 Å². The maximum absolute atomic E-state index is 11.6. The highest BCUT2D eigenvalue weighted by Gasteiger charge is 2.29. The predicted octanol–water partition coefficient (Wildman–Crippen LogP) is 2.30. The SMILES string of the molecule is FC(F)(F)Cc1nnc(Cl)s1. The van der Waals surface area contributed by atoms with Crippen LogP contribution in [0.5, 0.6) is 0 Å². The zero-order valence-electron chi connectivity index (χ0n) is 5.02. The van der Waals surface area contributed by atoms with E-state index in [1.54, 1.807) is 0 Å². The molecule has 0 amide bonds. The molecule has 0 spiro atoms. The third-order valence-electron chi connectivity index (χ3n) is 0.794. The topological polar surface area (TPSA) is 25.8 Å². The maximum Gasteiger partial charge on any atom is 0.395 e. The molecule has 7 heteroatoms. The normalized spacial score (nSPS) is 12.0. The summed E-state index contributed by atoms with van der Waals surface area (Å²) < 4.78 is 35.0. The first-order valence-electron chi connectivity index (χ1n) is 2.52. The van der Waals surface area contributed by atoms with E-state index >= 15 is 0 Å². The summed E-state index contributed by atoms with van der Waals surface area (Å²) in [7, 11) is 0. The average molecular weight is 203 g/mol. The van der Waals surface area contributed by atoms with Crippen LogP contribution in [0.4, 0.5) is 13.2 Å². The van der Waals surface area contributed by atoms with Gasteiger partial charge in [0.15, 0.2) is 0 Å². The van der Waals surface area contributed by atoms with Gasteiger partial charge in [-0.2, -0.15) is 13.2 Å². The smallest absolute Gasteiger partial charge is 0.171 e. The van der Waals surface area contributed by atoms with Crippen molar-refractivity contribution in [3.8, 4) is 0 Å². The van der Waals surface area contributed by atoms with Crippen LogP contribution in [0.15, 0.2) is 0 Å². The van der Waals surface area contributed by atoms with E-state index in [1.807, 2.05) is 0 Å². The van der Waals surface area contributed by atoms with Crippen LogP contribution in [0.2, 0.25) is 4.47 Å². The Bertz CT molecular complexity index is 246. The van der Waals surface area contributed by atoms with Crippen molar-refractivity contribution in [3.63, 3.8) is 0 Å². The Labute approximate surface area is 69.0 Å². The van der Waals surface area contributed by atoms with Crippen molar-refractivity contribution in [2.75, 3.05) is 0 Å². The molecule has 62 valence electrons. The Morgan fingerprint density at radius 3 is 2.36 bits per heavy atom. The summed E-state index contributed by atoms with van der Waals surface area (Å²) in [6, 6.07) is 0. The van der Waals surface area contributed by atoms with Crippen molar-refractivity contribution in [2.24, 2.45) is 0 Å². The minimum absolute atomic E-state index is 0.0317. The molecule has 0 aliphatic heterocycles. The van der Waals surface area contributed by atoms with Gasteiger partial charge in [-0.15, -0.1) is 10.2 Å². The molecule has 0 saturated heterocycles. The zero-order valence-corrected chi connectivity index (χ0v) is 6.59. The minimum Gasteiger partial charge on any atom is -0.171 e. The van der Waals surface area contributed by atoms with E-state index in [4.69, 9.17) is 11.6 Å². The monoisotopic (exact) mass is 202 g/mol. The summed E-state index contributed by atoms with van der Waals surface area (Å²) in [6.07, 6.45) is -5.29. The molecule has 1 aromatic rings. The van der Waals surface area contributed by atoms with Crippen LogP contribution >= 0.6 is 22.9 Å². The molecule has 0 aliphatic carbocycles. The van der Waals surface area contributed by atoms with Crippen LogP contribution in [0, 0.1) is 0 Å². The fourth-order valence-electron chi connectivity index (χ4n) is 0.476. The molecule has 1 aromatic heterocycles. The van der Waals surface area contributed by atoms with Crippen LogP contribution in [0.3, 0.4) is 0 Å². The molecular weight excluding hydrogens is 201 g/mol. The summed E-state index contributed by atoms with van der Waals surface area (Å²) in [6.45, 7) is 0. The molecule has 0 aliphatic rings. The number of halogens is 4. The standard InChI is InChI=1S/C4H2ClF3N2S/c5-3-10-9-2(11-3)1-4(6,7)8/h1H2. The Morgan fingerprint density at radius 2 is 2.00 bits per heavy atom. The first kappa shape index (κ1) is 8.73. The van der Waals surface area contributed by atoms with Gasteiger partial charge in [0, 0.05) is 0 Å². The van der Waals surface area contributed by atoms with Crippen molar-refractivity contribution < 1.29 is 13.2 Å². The molecule has 0 radical (unpaired) electrons. The molecule has 0 bridgehead atoms. The Kier molecular flexibility index (Phi) is 2.34. The van der Waals surface area contributed by atoms with E-state index in [2.05, 4.69) is 10.2 Å². The van der Waals surface area contributed by atoms with Gasteiger partial charge in [-0.3, -0.25) is 0 Å². The number of hydrogen-bond acceptors (Lipinski definition) is 3. The maximum atomic E-state index is 11.6. The van der Waals surface area contributed by atoms with E-state index < -0.39 is 12.6 Å². The number of alkyl halides is 3. The number of rotatable bonds is 1. The van der Waals surface area contributed by atoms with Gasteiger partial charge in [-0.25, -0.2) is 0 Å². The largest absolute Gasteiger partial charge is 0.395 e. The van der Waals surface area contributed by atoms with E-state index in [-0.39, 0.29) is 9.47 Å². The lowest BCUT2D eigenvalue weighted by Crippen LogP contribution is -2.11. The second kappa shape index (κ2) is 2.94. The summed E-state index contributed by atoms with van der Waals surface area (Å²) in [5.41, 5.74) is 0. The molecule has 2 nitrogen and oxygen atoms in total. The molecule has 0 atom stereocenters. The fraction of sp³-hybridized carbons (Fsp3) is 0.500. The summed E-state index contributed by atoms with van der Waals surface area (Å²) in [5, 5.41) is 6.34. The Hall–Kier alpha value is -0.360. The number of aromatic nitrogens is 2. The van der Waals surface area contributed by atoms with Crippen LogP contribution < -0.4 is 0 Å². The third-order valence-corrected chi connectivity index (χ3v) is 1.81. The molecule has 0 N–H and O–H groups in total. The molecule has 11 heavy (non-hydrogen) atoms. The first-order valence-corrected chi connectivity index (χ1v) is 3.71. The third kappa shape index (κ3) is 3.02.